The standard InChI is InChI=1S/C14H18Cl2N2OS.ClH/c1-18(8-10-4-11(15)6-12(16)5-10)14(19)7-13-9-20-3-2-17-13;/h4-6,13,17H,2-3,7-9H2,1H3;1H. The number of carbonyl (C=O) groups excluding carboxylic acids is 1. The lowest BCUT2D eigenvalue weighted by Crippen LogP contribution is -2.41. The van der Waals surface area contributed by atoms with E-state index in [-0.39, 0.29) is 24.4 Å². The average molecular weight is 370 g/mol. The molecule has 1 amide bonds. The lowest BCUT2D eigenvalue weighted by Gasteiger charge is -2.25. The van der Waals surface area contributed by atoms with Gasteiger partial charge in [0.05, 0.1) is 0 Å². The van der Waals surface area contributed by atoms with E-state index in [0.717, 1.165) is 23.6 Å². The van der Waals surface area contributed by atoms with Crippen molar-refractivity contribution in [2.24, 2.45) is 0 Å². The van der Waals surface area contributed by atoms with E-state index in [2.05, 4.69) is 5.32 Å². The molecule has 0 spiro atoms. The van der Waals surface area contributed by atoms with E-state index in [1.165, 1.54) is 0 Å². The summed E-state index contributed by atoms with van der Waals surface area (Å²) in [6.45, 7) is 1.51. The van der Waals surface area contributed by atoms with Gasteiger partial charge in [0, 0.05) is 54.2 Å². The van der Waals surface area contributed by atoms with Gasteiger partial charge >= 0.3 is 0 Å². The first kappa shape index (κ1) is 18.9. The summed E-state index contributed by atoms with van der Waals surface area (Å²) in [6.07, 6.45) is 0.539. The van der Waals surface area contributed by atoms with Crippen molar-refractivity contribution in [2.45, 2.75) is 19.0 Å². The smallest absolute Gasteiger partial charge is 0.224 e. The molecular weight excluding hydrogens is 351 g/mol. The van der Waals surface area contributed by atoms with Gasteiger partial charge in [0.25, 0.3) is 0 Å². The van der Waals surface area contributed by atoms with E-state index < -0.39 is 0 Å². The van der Waals surface area contributed by atoms with Crippen molar-refractivity contribution in [3.8, 4) is 0 Å². The number of rotatable bonds is 4. The van der Waals surface area contributed by atoms with Gasteiger partial charge in [-0.1, -0.05) is 23.2 Å². The van der Waals surface area contributed by atoms with Gasteiger partial charge in [-0.25, -0.2) is 0 Å². The van der Waals surface area contributed by atoms with E-state index >= 15 is 0 Å². The molecular formula is C14H19Cl3N2OS. The Morgan fingerprint density at radius 2 is 2.05 bits per heavy atom. The Hall–Kier alpha value is -0.130. The summed E-state index contributed by atoms with van der Waals surface area (Å²) in [5, 5.41) is 4.57. The number of thioether (sulfide) groups is 1. The third kappa shape index (κ3) is 6.25. The van der Waals surface area contributed by atoms with E-state index in [0.29, 0.717) is 23.0 Å². The van der Waals surface area contributed by atoms with Crippen molar-refractivity contribution in [1.82, 2.24) is 10.2 Å². The topological polar surface area (TPSA) is 32.3 Å². The van der Waals surface area contributed by atoms with Gasteiger partial charge in [0.2, 0.25) is 5.91 Å². The maximum absolute atomic E-state index is 12.2. The minimum Gasteiger partial charge on any atom is -0.341 e. The molecule has 0 aromatic heterocycles. The molecule has 1 saturated heterocycles. The third-order valence-electron chi connectivity index (χ3n) is 3.19. The maximum atomic E-state index is 12.2. The van der Waals surface area contributed by atoms with Crippen LogP contribution in [0.4, 0.5) is 0 Å². The van der Waals surface area contributed by atoms with Crippen molar-refractivity contribution in [3.63, 3.8) is 0 Å². The molecule has 0 aliphatic carbocycles. The molecule has 0 radical (unpaired) electrons. The zero-order valence-electron chi connectivity index (χ0n) is 11.8. The quantitative estimate of drug-likeness (QED) is 0.882. The van der Waals surface area contributed by atoms with Crippen molar-refractivity contribution >= 4 is 53.3 Å². The fraction of sp³-hybridized carbons (Fsp3) is 0.500. The summed E-state index contributed by atoms with van der Waals surface area (Å²) < 4.78 is 0. The van der Waals surface area contributed by atoms with E-state index in [9.17, 15) is 4.79 Å². The molecule has 1 unspecified atom stereocenters. The molecule has 21 heavy (non-hydrogen) atoms. The Kier molecular flexibility index (Phi) is 8.21. The average Bonchev–Trinajstić information content (AvgIpc) is 2.38. The van der Waals surface area contributed by atoms with Crippen LogP contribution in [0.1, 0.15) is 12.0 Å². The predicted octanol–water partition coefficient (Wildman–Crippen LogP) is 3.47. The molecule has 7 heteroatoms. The summed E-state index contributed by atoms with van der Waals surface area (Å²) in [5.74, 6) is 2.27. The lowest BCUT2D eigenvalue weighted by molar-refractivity contribution is -0.130. The van der Waals surface area contributed by atoms with Crippen LogP contribution >= 0.6 is 47.4 Å². The van der Waals surface area contributed by atoms with Gasteiger partial charge in [-0.2, -0.15) is 11.8 Å². The number of carbonyl (C=O) groups is 1. The molecule has 1 aliphatic heterocycles. The minimum absolute atomic E-state index is 0. The summed E-state index contributed by atoms with van der Waals surface area (Å²) in [6, 6.07) is 5.65. The number of halogens is 3. The Bertz CT molecular complexity index is 461. The minimum atomic E-state index is 0. The van der Waals surface area contributed by atoms with Gasteiger partial charge in [-0.3, -0.25) is 4.79 Å². The van der Waals surface area contributed by atoms with Crippen LogP contribution in [0, 0.1) is 0 Å². The molecule has 1 aliphatic rings. The molecule has 118 valence electrons. The van der Waals surface area contributed by atoms with Crippen LogP contribution < -0.4 is 5.32 Å². The molecule has 1 N–H and O–H groups in total. The Labute approximate surface area is 146 Å². The molecule has 2 rings (SSSR count). The fourth-order valence-corrected chi connectivity index (χ4v) is 3.70. The SMILES string of the molecule is CN(Cc1cc(Cl)cc(Cl)c1)C(=O)CC1CSCCN1.Cl. The zero-order valence-corrected chi connectivity index (χ0v) is 14.9. The van der Waals surface area contributed by atoms with Crippen molar-refractivity contribution in [2.75, 3.05) is 25.1 Å². The van der Waals surface area contributed by atoms with Gasteiger partial charge in [0.15, 0.2) is 0 Å². The van der Waals surface area contributed by atoms with Crippen molar-refractivity contribution in [1.29, 1.82) is 0 Å². The van der Waals surface area contributed by atoms with Gasteiger partial charge in [-0.15, -0.1) is 12.4 Å². The van der Waals surface area contributed by atoms with Crippen LogP contribution in [-0.2, 0) is 11.3 Å². The van der Waals surface area contributed by atoms with Crippen molar-refractivity contribution in [3.05, 3.63) is 33.8 Å². The molecule has 1 heterocycles. The summed E-state index contributed by atoms with van der Waals surface area (Å²) >= 11 is 13.8. The summed E-state index contributed by atoms with van der Waals surface area (Å²) in [4.78, 5) is 13.9. The number of hydrogen-bond acceptors (Lipinski definition) is 3. The largest absolute Gasteiger partial charge is 0.341 e. The maximum Gasteiger partial charge on any atom is 0.224 e. The molecule has 0 saturated carbocycles. The highest BCUT2D eigenvalue weighted by Crippen LogP contribution is 2.20. The number of nitrogens with zero attached hydrogens (tertiary/aromatic N) is 1. The first-order chi connectivity index (χ1) is 9.54. The van der Waals surface area contributed by atoms with Crippen LogP contribution in [0.25, 0.3) is 0 Å². The van der Waals surface area contributed by atoms with Gasteiger partial charge < -0.3 is 10.2 Å². The summed E-state index contributed by atoms with van der Waals surface area (Å²) in [7, 11) is 1.81. The van der Waals surface area contributed by atoms with Crippen LogP contribution in [0.3, 0.4) is 0 Å². The van der Waals surface area contributed by atoms with Gasteiger partial charge in [-0.05, 0) is 23.8 Å². The second-order valence-electron chi connectivity index (χ2n) is 4.96. The Morgan fingerprint density at radius 1 is 1.38 bits per heavy atom. The highest BCUT2D eigenvalue weighted by atomic mass is 35.5. The first-order valence-electron chi connectivity index (χ1n) is 6.54. The number of benzene rings is 1. The Balaban J connectivity index is 0.00000220. The lowest BCUT2D eigenvalue weighted by atomic mass is 10.2. The number of nitrogens with one attached hydrogen (secondary N) is 1. The third-order valence-corrected chi connectivity index (χ3v) is 4.75. The Morgan fingerprint density at radius 3 is 2.62 bits per heavy atom. The van der Waals surface area contributed by atoms with Gasteiger partial charge in [0.1, 0.15) is 0 Å². The van der Waals surface area contributed by atoms with Crippen LogP contribution in [0.5, 0.6) is 0 Å². The van der Waals surface area contributed by atoms with E-state index in [1.807, 2.05) is 30.9 Å². The fourth-order valence-electron chi connectivity index (χ4n) is 2.18. The molecule has 1 aromatic rings. The molecule has 0 bridgehead atoms. The van der Waals surface area contributed by atoms with E-state index in [1.54, 1.807) is 11.0 Å². The second-order valence-corrected chi connectivity index (χ2v) is 6.98. The highest BCUT2D eigenvalue weighted by molar-refractivity contribution is 7.99. The van der Waals surface area contributed by atoms with Crippen LogP contribution in [0.15, 0.2) is 18.2 Å². The molecule has 1 atom stereocenters. The first-order valence-corrected chi connectivity index (χ1v) is 8.45. The van der Waals surface area contributed by atoms with Crippen LogP contribution in [-0.4, -0.2) is 41.9 Å². The molecule has 3 nitrogen and oxygen atoms in total. The molecule has 1 aromatic carbocycles. The summed E-state index contributed by atoms with van der Waals surface area (Å²) in [5.41, 5.74) is 0.948. The van der Waals surface area contributed by atoms with E-state index in [4.69, 9.17) is 23.2 Å². The normalized spacial score (nSPS) is 18.0. The van der Waals surface area contributed by atoms with Crippen molar-refractivity contribution < 1.29 is 4.79 Å². The monoisotopic (exact) mass is 368 g/mol. The zero-order chi connectivity index (χ0) is 14.5. The number of amides is 1. The predicted molar refractivity (Wildman–Crippen MR) is 93.9 cm³/mol. The second kappa shape index (κ2) is 9.11. The highest BCUT2D eigenvalue weighted by Gasteiger charge is 2.19. The van der Waals surface area contributed by atoms with Crippen LogP contribution in [0.2, 0.25) is 10.0 Å². The number of hydrogen-bond donors (Lipinski definition) is 1. The molecule has 1 fully saturated rings.